The van der Waals surface area contributed by atoms with Gasteiger partial charge >= 0.3 is 0 Å². The van der Waals surface area contributed by atoms with Gasteiger partial charge in [0.25, 0.3) is 0 Å². The molecular weight excluding hydrogens is 370 g/mol. The Balaban J connectivity index is 1.55. The van der Waals surface area contributed by atoms with Crippen molar-refractivity contribution in [2.75, 3.05) is 66.2 Å². The van der Waals surface area contributed by atoms with Gasteiger partial charge in [-0.2, -0.15) is 0 Å². The number of thiocarbonyl (C=S) groups is 1. The Morgan fingerprint density at radius 1 is 1.08 bits per heavy atom. The van der Waals surface area contributed by atoms with E-state index < -0.39 is 0 Å². The third kappa shape index (κ3) is 5.23. The molecule has 0 aliphatic carbocycles. The molecule has 2 aliphatic heterocycles. The summed E-state index contributed by atoms with van der Waals surface area (Å²) in [5.74, 6) is 2.47. The third-order valence-electron chi connectivity index (χ3n) is 4.66. The molecule has 8 heteroatoms. The van der Waals surface area contributed by atoms with E-state index in [9.17, 15) is 0 Å². The van der Waals surface area contributed by atoms with Crippen LogP contribution in [0.2, 0.25) is 0 Å². The standard InChI is InChI=1S/C18H27N3O3S2/c1-22-16-4-3-15(11-17(16)23-2)12-21-13-20(14-26-18(21)25)6-5-19-7-9-24-10-8-19/h3-4,11H,5-10,12-14H2,1-2H3. The van der Waals surface area contributed by atoms with Crippen LogP contribution in [-0.4, -0.2) is 85.2 Å². The van der Waals surface area contributed by atoms with Crippen LogP contribution in [0.1, 0.15) is 5.56 Å². The molecule has 0 amide bonds. The Kier molecular flexibility index (Phi) is 7.39. The summed E-state index contributed by atoms with van der Waals surface area (Å²) in [5, 5.41) is 0. The Bertz CT molecular complexity index is 611. The van der Waals surface area contributed by atoms with Crippen LogP contribution in [0.15, 0.2) is 18.2 Å². The Morgan fingerprint density at radius 2 is 1.81 bits per heavy atom. The van der Waals surface area contributed by atoms with Gasteiger partial charge < -0.3 is 19.1 Å². The largest absolute Gasteiger partial charge is 0.493 e. The molecule has 2 heterocycles. The van der Waals surface area contributed by atoms with E-state index in [1.807, 2.05) is 12.1 Å². The smallest absolute Gasteiger partial charge is 0.161 e. The number of methoxy groups -OCH3 is 2. The maximum absolute atomic E-state index is 5.58. The average molecular weight is 398 g/mol. The zero-order chi connectivity index (χ0) is 18.4. The Hall–Kier alpha value is -1.06. The minimum absolute atomic E-state index is 0.749. The molecule has 3 rings (SSSR count). The maximum Gasteiger partial charge on any atom is 0.161 e. The molecule has 0 radical (unpaired) electrons. The van der Waals surface area contributed by atoms with Crippen LogP contribution in [0.3, 0.4) is 0 Å². The normalized spacial score (nSPS) is 19.6. The lowest BCUT2D eigenvalue weighted by Crippen LogP contribution is -2.48. The van der Waals surface area contributed by atoms with E-state index in [4.69, 9.17) is 26.4 Å². The zero-order valence-electron chi connectivity index (χ0n) is 15.5. The molecule has 2 aliphatic rings. The fourth-order valence-corrected chi connectivity index (χ4v) is 4.22. The van der Waals surface area contributed by atoms with Gasteiger partial charge in [-0.15, -0.1) is 0 Å². The maximum atomic E-state index is 5.58. The van der Waals surface area contributed by atoms with Crippen LogP contribution >= 0.6 is 24.0 Å². The molecule has 6 nitrogen and oxygen atoms in total. The first-order valence-electron chi connectivity index (χ1n) is 8.84. The highest BCUT2D eigenvalue weighted by atomic mass is 32.2. The number of nitrogens with zero attached hydrogens (tertiary/aromatic N) is 3. The molecular formula is C18H27N3O3S2. The van der Waals surface area contributed by atoms with E-state index in [-0.39, 0.29) is 0 Å². The lowest BCUT2D eigenvalue weighted by atomic mass is 10.2. The molecule has 144 valence electrons. The van der Waals surface area contributed by atoms with Gasteiger partial charge in [-0.05, 0) is 17.7 Å². The highest BCUT2D eigenvalue weighted by molar-refractivity contribution is 8.22. The number of benzene rings is 1. The predicted molar refractivity (Wildman–Crippen MR) is 109 cm³/mol. The average Bonchev–Trinajstić information content (AvgIpc) is 2.69. The second-order valence-electron chi connectivity index (χ2n) is 6.42. The van der Waals surface area contributed by atoms with Gasteiger partial charge in [-0.3, -0.25) is 9.80 Å². The van der Waals surface area contributed by atoms with Crippen molar-refractivity contribution in [1.82, 2.24) is 14.7 Å². The van der Waals surface area contributed by atoms with Gasteiger partial charge in [0.05, 0.1) is 40.0 Å². The second-order valence-corrected chi connectivity index (χ2v) is 8.00. The first-order valence-corrected chi connectivity index (χ1v) is 10.2. The third-order valence-corrected chi connectivity index (χ3v) is 6.27. The second kappa shape index (κ2) is 9.75. The monoisotopic (exact) mass is 397 g/mol. The number of rotatable bonds is 7. The molecule has 0 saturated carbocycles. The number of morpholine rings is 1. The predicted octanol–water partition coefficient (Wildman–Crippen LogP) is 2.09. The summed E-state index contributed by atoms with van der Waals surface area (Å²) in [6.07, 6.45) is 0. The zero-order valence-corrected chi connectivity index (χ0v) is 17.1. The van der Waals surface area contributed by atoms with E-state index in [1.54, 1.807) is 26.0 Å². The molecule has 1 aromatic rings. The van der Waals surface area contributed by atoms with Gasteiger partial charge in [-0.25, -0.2) is 0 Å². The first kappa shape index (κ1) is 19.7. The molecule has 0 N–H and O–H groups in total. The summed E-state index contributed by atoms with van der Waals surface area (Å²) in [4.78, 5) is 7.18. The molecule has 26 heavy (non-hydrogen) atoms. The number of hydrogen-bond acceptors (Lipinski definition) is 7. The highest BCUT2D eigenvalue weighted by Gasteiger charge is 2.23. The van der Waals surface area contributed by atoms with Crippen molar-refractivity contribution >= 4 is 28.3 Å². The van der Waals surface area contributed by atoms with Crippen molar-refractivity contribution in [3.63, 3.8) is 0 Å². The van der Waals surface area contributed by atoms with Crippen molar-refractivity contribution in [3.05, 3.63) is 23.8 Å². The molecule has 2 saturated heterocycles. The number of hydrogen-bond donors (Lipinski definition) is 0. The molecule has 1 aromatic carbocycles. The van der Waals surface area contributed by atoms with Crippen molar-refractivity contribution in [2.45, 2.75) is 6.54 Å². The van der Waals surface area contributed by atoms with Crippen LogP contribution in [0.4, 0.5) is 0 Å². The van der Waals surface area contributed by atoms with Gasteiger partial charge in [0.15, 0.2) is 11.5 Å². The van der Waals surface area contributed by atoms with E-state index >= 15 is 0 Å². The molecule has 0 aromatic heterocycles. The van der Waals surface area contributed by atoms with Crippen LogP contribution in [0.25, 0.3) is 0 Å². The fourth-order valence-electron chi connectivity index (χ4n) is 3.13. The van der Waals surface area contributed by atoms with Crippen molar-refractivity contribution in [1.29, 1.82) is 0 Å². The minimum Gasteiger partial charge on any atom is -0.493 e. The molecule has 0 bridgehead atoms. The van der Waals surface area contributed by atoms with E-state index in [0.29, 0.717) is 0 Å². The summed E-state index contributed by atoms with van der Waals surface area (Å²) in [6, 6.07) is 6.05. The van der Waals surface area contributed by atoms with Crippen LogP contribution < -0.4 is 9.47 Å². The van der Waals surface area contributed by atoms with Gasteiger partial charge in [-0.1, -0.05) is 30.0 Å². The Morgan fingerprint density at radius 3 is 2.54 bits per heavy atom. The Labute approximate surface area is 165 Å². The fraction of sp³-hybridized carbons (Fsp3) is 0.611. The van der Waals surface area contributed by atoms with Gasteiger partial charge in [0.2, 0.25) is 0 Å². The van der Waals surface area contributed by atoms with E-state index in [2.05, 4.69) is 20.8 Å². The lowest BCUT2D eigenvalue weighted by molar-refractivity contribution is 0.0324. The van der Waals surface area contributed by atoms with Crippen LogP contribution in [0.5, 0.6) is 11.5 Å². The summed E-state index contributed by atoms with van der Waals surface area (Å²) >= 11 is 7.32. The molecule has 0 unspecified atom stereocenters. The topological polar surface area (TPSA) is 37.4 Å². The number of thioether (sulfide) groups is 1. The molecule has 0 spiro atoms. The summed E-state index contributed by atoms with van der Waals surface area (Å²) < 4.78 is 17.1. The summed E-state index contributed by atoms with van der Waals surface area (Å²) in [6.45, 7) is 7.56. The van der Waals surface area contributed by atoms with Gasteiger partial charge in [0, 0.05) is 32.7 Å². The quantitative estimate of drug-likeness (QED) is 0.648. The molecule has 0 atom stereocenters. The summed E-state index contributed by atoms with van der Waals surface area (Å²) in [7, 11) is 3.32. The van der Waals surface area contributed by atoms with Crippen LogP contribution in [-0.2, 0) is 11.3 Å². The van der Waals surface area contributed by atoms with Crippen molar-refractivity contribution in [2.24, 2.45) is 0 Å². The van der Waals surface area contributed by atoms with E-state index in [0.717, 1.165) is 74.3 Å². The van der Waals surface area contributed by atoms with Crippen molar-refractivity contribution < 1.29 is 14.2 Å². The summed E-state index contributed by atoms with van der Waals surface area (Å²) in [5.41, 5.74) is 1.17. The SMILES string of the molecule is COc1ccc(CN2CN(CCN3CCOCC3)CSC2=S)cc1OC. The van der Waals surface area contributed by atoms with Gasteiger partial charge in [0.1, 0.15) is 4.32 Å². The minimum atomic E-state index is 0.749. The lowest BCUT2D eigenvalue weighted by Gasteiger charge is -2.38. The van der Waals surface area contributed by atoms with E-state index in [1.165, 1.54) is 5.56 Å². The van der Waals surface area contributed by atoms with Crippen molar-refractivity contribution in [3.8, 4) is 11.5 Å². The van der Waals surface area contributed by atoms with Crippen LogP contribution in [0, 0.1) is 0 Å². The highest BCUT2D eigenvalue weighted by Crippen LogP contribution is 2.29. The first-order chi connectivity index (χ1) is 12.7. The number of ether oxygens (including phenoxy) is 3. The molecule has 2 fully saturated rings.